The van der Waals surface area contributed by atoms with Crippen LogP contribution in [0.15, 0.2) is 18.2 Å². The van der Waals surface area contributed by atoms with E-state index >= 15 is 0 Å². The lowest BCUT2D eigenvalue weighted by atomic mass is 9.94. The molecule has 1 aromatic carbocycles. The van der Waals surface area contributed by atoms with Gasteiger partial charge in [-0.25, -0.2) is 4.39 Å². The number of piperidine rings is 1. The van der Waals surface area contributed by atoms with Gasteiger partial charge < -0.3 is 9.80 Å². The van der Waals surface area contributed by atoms with Crippen LogP contribution in [0.4, 0.5) is 4.39 Å². The number of likely N-dealkylation sites (N-methyl/N-ethyl adjacent to an activating group) is 1. The van der Waals surface area contributed by atoms with Crippen LogP contribution in [0, 0.1) is 18.7 Å². The third kappa shape index (κ3) is 2.44. The molecule has 0 unspecified atom stereocenters. The Morgan fingerprint density at radius 3 is 2.80 bits per heavy atom. The van der Waals surface area contributed by atoms with Gasteiger partial charge in [0.2, 0.25) is 0 Å². The van der Waals surface area contributed by atoms with Gasteiger partial charge in [0.1, 0.15) is 5.82 Å². The summed E-state index contributed by atoms with van der Waals surface area (Å²) in [5, 5.41) is 0. The number of amides is 1. The molecule has 0 radical (unpaired) electrons. The van der Waals surface area contributed by atoms with E-state index < -0.39 is 0 Å². The van der Waals surface area contributed by atoms with Crippen molar-refractivity contribution in [1.82, 2.24) is 9.80 Å². The van der Waals surface area contributed by atoms with Gasteiger partial charge in [0.25, 0.3) is 5.91 Å². The Morgan fingerprint density at radius 1 is 1.25 bits per heavy atom. The summed E-state index contributed by atoms with van der Waals surface area (Å²) in [4.78, 5) is 16.9. The van der Waals surface area contributed by atoms with Crippen molar-refractivity contribution in [1.29, 1.82) is 0 Å². The highest BCUT2D eigenvalue weighted by molar-refractivity contribution is 5.94. The van der Waals surface area contributed by atoms with Crippen molar-refractivity contribution in [2.75, 3.05) is 26.7 Å². The largest absolute Gasteiger partial charge is 0.334 e. The van der Waals surface area contributed by atoms with E-state index in [2.05, 4.69) is 11.9 Å². The molecule has 0 aliphatic carbocycles. The van der Waals surface area contributed by atoms with Crippen molar-refractivity contribution in [2.45, 2.75) is 25.8 Å². The number of nitrogens with zero attached hydrogens (tertiary/aromatic N) is 2. The molecule has 4 rings (SSSR count). The van der Waals surface area contributed by atoms with Gasteiger partial charge >= 0.3 is 0 Å². The second-order valence-corrected chi connectivity index (χ2v) is 6.24. The van der Waals surface area contributed by atoms with Crippen molar-refractivity contribution >= 4 is 5.91 Å². The van der Waals surface area contributed by atoms with E-state index in [0.717, 1.165) is 26.1 Å². The summed E-state index contributed by atoms with van der Waals surface area (Å²) >= 11 is 0. The number of carbonyl (C=O) groups is 1. The highest BCUT2D eigenvalue weighted by atomic mass is 19.1. The fourth-order valence-electron chi connectivity index (χ4n) is 3.46. The Balaban J connectivity index is 1.85. The molecule has 3 fully saturated rings. The Kier molecular flexibility index (Phi) is 3.50. The van der Waals surface area contributed by atoms with E-state index in [1.807, 2.05) is 4.90 Å². The maximum atomic E-state index is 13.7. The number of hydrogen-bond acceptors (Lipinski definition) is 2. The monoisotopic (exact) mass is 276 g/mol. The Labute approximate surface area is 119 Å². The van der Waals surface area contributed by atoms with Crippen molar-refractivity contribution in [3.8, 4) is 0 Å². The topological polar surface area (TPSA) is 23.6 Å². The first-order valence-corrected chi connectivity index (χ1v) is 7.30. The number of halogens is 1. The molecular formula is C16H21FN2O. The fraction of sp³-hybridized carbons (Fsp3) is 0.562. The summed E-state index contributed by atoms with van der Waals surface area (Å²) in [6.07, 6.45) is 2.26. The number of benzene rings is 1. The van der Waals surface area contributed by atoms with Crippen molar-refractivity contribution in [3.63, 3.8) is 0 Å². The second kappa shape index (κ2) is 5.17. The average Bonchev–Trinajstić information content (AvgIpc) is 2.69. The van der Waals surface area contributed by atoms with E-state index in [0.29, 0.717) is 17.0 Å². The molecule has 1 amide bonds. The highest BCUT2D eigenvalue weighted by Gasteiger charge is 2.36. The molecule has 3 saturated heterocycles. The zero-order valence-electron chi connectivity index (χ0n) is 12.1. The van der Waals surface area contributed by atoms with Gasteiger partial charge in [0.05, 0.1) is 0 Å². The SMILES string of the molecule is Cc1ccc(C(=O)N2C[C@H]3CC[C@@H]2CN(C)C3)cc1F. The quantitative estimate of drug-likeness (QED) is 0.786. The van der Waals surface area contributed by atoms with Crippen LogP contribution in [0.25, 0.3) is 0 Å². The molecule has 3 nitrogen and oxygen atoms in total. The maximum Gasteiger partial charge on any atom is 0.254 e. The molecule has 2 bridgehead atoms. The maximum absolute atomic E-state index is 13.7. The normalized spacial score (nSPS) is 26.6. The highest BCUT2D eigenvalue weighted by Crippen LogP contribution is 2.28. The van der Waals surface area contributed by atoms with E-state index in [-0.39, 0.29) is 17.8 Å². The minimum atomic E-state index is -0.298. The zero-order chi connectivity index (χ0) is 14.3. The van der Waals surface area contributed by atoms with Gasteiger partial charge in [0, 0.05) is 31.2 Å². The number of hydrogen-bond donors (Lipinski definition) is 0. The lowest BCUT2D eigenvalue weighted by molar-refractivity contribution is 0.0586. The Hall–Kier alpha value is -1.42. The summed E-state index contributed by atoms with van der Waals surface area (Å²) in [6.45, 7) is 4.51. The van der Waals surface area contributed by atoms with Gasteiger partial charge in [-0.1, -0.05) is 6.07 Å². The summed E-state index contributed by atoms with van der Waals surface area (Å²) in [6, 6.07) is 5.07. The van der Waals surface area contributed by atoms with E-state index in [9.17, 15) is 9.18 Å². The predicted octanol–water partition coefficient (Wildman–Crippen LogP) is 2.30. The molecule has 0 N–H and O–H groups in total. The molecule has 3 aliphatic rings. The van der Waals surface area contributed by atoms with Crippen molar-refractivity contribution in [3.05, 3.63) is 35.1 Å². The van der Waals surface area contributed by atoms with Crippen molar-refractivity contribution < 1.29 is 9.18 Å². The van der Waals surface area contributed by atoms with E-state index in [1.54, 1.807) is 19.1 Å². The smallest absolute Gasteiger partial charge is 0.254 e. The van der Waals surface area contributed by atoms with Crippen LogP contribution < -0.4 is 0 Å². The standard InChI is InChI=1S/C16H21FN2O/c1-11-3-5-13(7-15(11)17)16(20)19-9-12-4-6-14(19)10-18(2)8-12/h3,5,7,12,14H,4,6,8-10H2,1-2H3/t12-,14+/m0/s1. The molecule has 2 atom stereocenters. The van der Waals surface area contributed by atoms with Gasteiger partial charge in [-0.2, -0.15) is 0 Å². The summed E-state index contributed by atoms with van der Waals surface area (Å²) < 4.78 is 13.7. The Bertz CT molecular complexity index is 531. The lowest BCUT2D eigenvalue weighted by Crippen LogP contribution is -2.47. The van der Waals surface area contributed by atoms with Crippen LogP contribution in [0.2, 0.25) is 0 Å². The second-order valence-electron chi connectivity index (χ2n) is 6.24. The summed E-state index contributed by atoms with van der Waals surface area (Å²) in [5.74, 6) is 0.236. The average molecular weight is 276 g/mol. The molecule has 0 aromatic heterocycles. The van der Waals surface area contributed by atoms with Crippen LogP contribution >= 0.6 is 0 Å². The first-order chi connectivity index (χ1) is 9.54. The first-order valence-electron chi connectivity index (χ1n) is 7.30. The Morgan fingerprint density at radius 2 is 2.05 bits per heavy atom. The molecule has 3 heterocycles. The number of aryl methyl sites for hydroxylation is 1. The molecule has 108 valence electrons. The van der Waals surface area contributed by atoms with E-state index in [1.165, 1.54) is 12.5 Å². The molecule has 0 saturated carbocycles. The zero-order valence-corrected chi connectivity index (χ0v) is 12.1. The lowest BCUT2D eigenvalue weighted by Gasteiger charge is -2.36. The van der Waals surface area contributed by atoms with Crippen LogP contribution in [-0.2, 0) is 0 Å². The van der Waals surface area contributed by atoms with Gasteiger partial charge in [0.15, 0.2) is 0 Å². The third-order valence-electron chi connectivity index (χ3n) is 4.58. The number of rotatable bonds is 1. The van der Waals surface area contributed by atoms with Crippen LogP contribution in [-0.4, -0.2) is 48.4 Å². The molecule has 0 spiro atoms. The molecule has 4 heteroatoms. The van der Waals surface area contributed by atoms with Gasteiger partial charge in [-0.3, -0.25) is 4.79 Å². The van der Waals surface area contributed by atoms with Crippen LogP contribution in [0.3, 0.4) is 0 Å². The first kappa shape index (κ1) is 13.6. The summed E-state index contributed by atoms with van der Waals surface area (Å²) in [7, 11) is 2.12. The predicted molar refractivity (Wildman–Crippen MR) is 76.2 cm³/mol. The van der Waals surface area contributed by atoms with E-state index in [4.69, 9.17) is 0 Å². The minimum Gasteiger partial charge on any atom is -0.334 e. The number of carbonyl (C=O) groups excluding carboxylic acids is 1. The van der Waals surface area contributed by atoms with Crippen LogP contribution in [0.5, 0.6) is 0 Å². The van der Waals surface area contributed by atoms with Crippen LogP contribution in [0.1, 0.15) is 28.8 Å². The fourth-order valence-corrected chi connectivity index (χ4v) is 3.46. The molecule has 1 aromatic rings. The molecule has 3 aliphatic heterocycles. The third-order valence-corrected chi connectivity index (χ3v) is 4.58. The molecule has 20 heavy (non-hydrogen) atoms. The minimum absolute atomic E-state index is 0.0195. The van der Waals surface area contributed by atoms with Gasteiger partial charge in [-0.05, 0) is 50.4 Å². The van der Waals surface area contributed by atoms with Gasteiger partial charge in [-0.15, -0.1) is 0 Å². The van der Waals surface area contributed by atoms with Crippen molar-refractivity contribution in [2.24, 2.45) is 5.92 Å². The molecular weight excluding hydrogens is 255 g/mol. The summed E-state index contributed by atoms with van der Waals surface area (Å²) in [5.41, 5.74) is 1.06. The number of fused-ring (bicyclic) bond motifs is 4.